The van der Waals surface area contributed by atoms with Crippen LogP contribution in [-0.2, 0) is 0 Å². The summed E-state index contributed by atoms with van der Waals surface area (Å²) in [7, 11) is 0. The van der Waals surface area contributed by atoms with Gasteiger partial charge in [0, 0.05) is 16.8 Å². The molecule has 2 aromatic carbocycles. The lowest BCUT2D eigenvalue weighted by Crippen LogP contribution is -2.29. The van der Waals surface area contributed by atoms with E-state index >= 15 is 0 Å². The molecule has 19 heavy (non-hydrogen) atoms. The highest BCUT2D eigenvalue weighted by molar-refractivity contribution is 5.99. The summed E-state index contributed by atoms with van der Waals surface area (Å²) in [6.45, 7) is 9.42. The Balaban J connectivity index is 2.68. The number of nitrogens with zero attached hydrogens (tertiary/aromatic N) is 2. The molecule has 2 heteroatoms. The Bertz CT molecular complexity index is 826. The molecular weight excluding hydrogens is 232 g/mol. The van der Waals surface area contributed by atoms with Crippen LogP contribution in [0.3, 0.4) is 0 Å². The molecule has 0 aromatic heterocycles. The van der Waals surface area contributed by atoms with Gasteiger partial charge in [-0.15, -0.1) is 0 Å². The van der Waals surface area contributed by atoms with E-state index in [-0.39, 0.29) is 0 Å². The van der Waals surface area contributed by atoms with E-state index in [1.54, 1.807) is 18.8 Å². The van der Waals surface area contributed by atoms with Gasteiger partial charge in [0.05, 0.1) is 11.0 Å². The van der Waals surface area contributed by atoms with Gasteiger partial charge in [-0.2, -0.15) is 0 Å². The molecule has 1 aliphatic rings. The summed E-state index contributed by atoms with van der Waals surface area (Å²) in [5.74, 6) is 0. The molecule has 0 saturated carbocycles. The predicted molar refractivity (Wildman–Crippen MR) is 81.9 cm³/mol. The van der Waals surface area contributed by atoms with Crippen molar-refractivity contribution in [1.29, 1.82) is 0 Å². The van der Waals surface area contributed by atoms with Gasteiger partial charge in [0.15, 0.2) is 0 Å². The van der Waals surface area contributed by atoms with E-state index in [1.807, 2.05) is 24.3 Å². The normalized spacial score (nSPS) is 14.0. The Morgan fingerprint density at radius 1 is 1.05 bits per heavy atom. The summed E-state index contributed by atoms with van der Waals surface area (Å²) >= 11 is 0. The van der Waals surface area contributed by atoms with Crippen LogP contribution in [0.25, 0.3) is 22.9 Å². The highest BCUT2D eigenvalue weighted by atomic mass is 14.8. The van der Waals surface area contributed by atoms with E-state index in [0.717, 1.165) is 32.6 Å². The second-order valence-corrected chi connectivity index (χ2v) is 4.23. The standard InChI is InChI=1S/C17H13N2/c1-3-7-14-12(4-2)13-8-5-6-9-15(13)17-16(14)18-10-11-19-17/h3-11H,1-2H2/b14-7+. The lowest BCUT2D eigenvalue weighted by molar-refractivity contribution is 1.23. The fraction of sp³-hybridized carbons (Fsp3) is 0. The molecule has 0 bridgehead atoms. The minimum absolute atomic E-state index is 0.885. The second-order valence-electron chi connectivity index (χ2n) is 4.23. The van der Waals surface area contributed by atoms with E-state index in [0.29, 0.717) is 0 Å². The van der Waals surface area contributed by atoms with Crippen LogP contribution in [0.4, 0.5) is 5.69 Å². The number of hydrogen-bond donors (Lipinski definition) is 0. The summed E-state index contributed by atoms with van der Waals surface area (Å²) in [5.41, 5.74) is 1.99. The average molecular weight is 245 g/mol. The largest absolute Gasteiger partial charge is 0.271 e. The average Bonchev–Trinajstić information content (AvgIpc) is 2.48. The third-order valence-corrected chi connectivity index (χ3v) is 3.20. The number of benzene rings is 2. The van der Waals surface area contributed by atoms with Gasteiger partial charge in [-0.25, -0.2) is 0 Å². The molecule has 1 heterocycles. The first-order chi connectivity index (χ1) is 9.36. The van der Waals surface area contributed by atoms with Crippen molar-refractivity contribution in [2.24, 2.45) is 9.98 Å². The highest BCUT2D eigenvalue weighted by Gasteiger charge is 2.10. The summed E-state index contributed by atoms with van der Waals surface area (Å²) in [6, 6.07) is 8.19. The molecule has 0 unspecified atom stereocenters. The van der Waals surface area contributed by atoms with Gasteiger partial charge in [-0.3, -0.25) is 9.98 Å². The van der Waals surface area contributed by atoms with Crippen molar-refractivity contribution >= 4 is 34.8 Å². The monoisotopic (exact) mass is 245 g/mol. The Hall–Kier alpha value is -2.48. The van der Waals surface area contributed by atoms with Crippen molar-refractivity contribution in [3.8, 4) is 0 Å². The van der Waals surface area contributed by atoms with Crippen molar-refractivity contribution in [1.82, 2.24) is 0 Å². The topological polar surface area (TPSA) is 24.7 Å². The van der Waals surface area contributed by atoms with Gasteiger partial charge in [0.25, 0.3) is 0 Å². The van der Waals surface area contributed by atoms with Crippen molar-refractivity contribution in [3.05, 3.63) is 66.2 Å². The zero-order valence-electron chi connectivity index (χ0n) is 10.5. The van der Waals surface area contributed by atoms with Gasteiger partial charge in [-0.1, -0.05) is 55.7 Å². The van der Waals surface area contributed by atoms with Crippen LogP contribution in [0.2, 0.25) is 0 Å². The molecule has 2 aromatic rings. The Labute approximate surface area is 111 Å². The molecule has 2 nitrogen and oxygen atoms in total. The van der Waals surface area contributed by atoms with Crippen LogP contribution in [0.5, 0.6) is 0 Å². The first-order valence-electron chi connectivity index (χ1n) is 6.10. The maximum Gasteiger partial charge on any atom is 0.113 e. The summed E-state index contributed by atoms with van der Waals surface area (Å²) in [4.78, 5) is 8.95. The SMILES string of the molecule is C=C/C=c1\c(C=C)c2ccccc2c2c1=N[CH]C=N2. The van der Waals surface area contributed by atoms with E-state index < -0.39 is 0 Å². The fourth-order valence-electron chi connectivity index (χ4n) is 2.44. The third kappa shape index (κ3) is 1.73. The molecule has 3 rings (SSSR count). The molecular formula is C17H13N2. The number of rotatable bonds is 2. The van der Waals surface area contributed by atoms with E-state index in [1.165, 1.54) is 0 Å². The molecule has 0 aliphatic carbocycles. The molecule has 1 radical (unpaired) electrons. The molecule has 0 atom stereocenters. The van der Waals surface area contributed by atoms with Crippen molar-refractivity contribution in [2.75, 3.05) is 0 Å². The van der Waals surface area contributed by atoms with E-state index in [2.05, 4.69) is 35.3 Å². The Morgan fingerprint density at radius 3 is 2.58 bits per heavy atom. The summed E-state index contributed by atoms with van der Waals surface area (Å²) in [6.07, 6.45) is 7.32. The van der Waals surface area contributed by atoms with Crippen molar-refractivity contribution in [2.45, 2.75) is 0 Å². The van der Waals surface area contributed by atoms with Crippen molar-refractivity contribution in [3.63, 3.8) is 0 Å². The van der Waals surface area contributed by atoms with Crippen LogP contribution in [0.15, 0.2) is 53.5 Å². The molecule has 0 amide bonds. The minimum atomic E-state index is 0.885. The number of hydrogen-bond acceptors (Lipinski definition) is 2. The molecule has 0 spiro atoms. The van der Waals surface area contributed by atoms with Crippen molar-refractivity contribution < 1.29 is 0 Å². The maximum absolute atomic E-state index is 4.48. The van der Waals surface area contributed by atoms with Crippen LogP contribution < -0.4 is 10.6 Å². The lowest BCUT2D eigenvalue weighted by Gasteiger charge is -2.10. The number of fused-ring (bicyclic) bond motifs is 3. The fourth-order valence-corrected chi connectivity index (χ4v) is 2.44. The van der Waals surface area contributed by atoms with Gasteiger partial charge in [-0.05, 0) is 10.9 Å². The predicted octanol–water partition coefficient (Wildman–Crippen LogP) is 2.95. The first-order valence-corrected chi connectivity index (χ1v) is 6.10. The first kappa shape index (κ1) is 11.6. The zero-order valence-corrected chi connectivity index (χ0v) is 10.5. The minimum Gasteiger partial charge on any atom is -0.271 e. The molecule has 91 valence electrons. The van der Waals surface area contributed by atoms with Gasteiger partial charge in [0.2, 0.25) is 0 Å². The van der Waals surface area contributed by atoms with E-state index in [4.69, 9.17) is 0 Å². The quantitative estimate of drug-likeness (QED) is 0.777. The van der Waals surface area contributed by atoms with Gasteiger partial charge >= 0.3 is 0 Å². The molecule has 0 saturated heterocycles. The molecule has 0 fully saturated rings. The second kappa shape index (κ2) is 4.65. The number of aliphatic imine (C=N–C) groups is 1. The van der Waals surface area contributed by atoms with Gasteiger partial charge in [0.1, 0.15) is 6.54 Å². The van der Waals surface area contributed by atoms with Crippen LogP contribution >= 0.6 is 0 Å². The van der Waals surface area contributed by atoms with Crippen LogP contribution in [0, 0.1) is 6.54 Å². The molecule has 0 N–H and O–H groups in total. The maximum atomic E-state index is 4.48. The Kier molecular flexibility index (Phi) is 2.84. The Morgan fingerprint density at radius 2 is 1.84 bits per heavy atom. The number of allylic oxidation sites excluding steroid dienone is 1. The lowest BCUT2D eigenvalue weighted by atomic mass is 9.99. The summed E-state index contributed by atoms with van der Waals surface area (Å²) < 4.78 is 0. The summed E-state index contributed by atoms with van der Waals surface area (Å²) in [5, 5.41) is 4.14. The molecule has 1 aliphatic heterocycles. The van der Waals surface area contributed by atoms with Gasteiger partial charge < -0.3 is 0 Å². The van der Waals surface area contributed by atoms with Crippen LogP contribution in [-0.4, -0.2) is 6.21 Å². The van der Waals surface area contributed by atoms with E-state index in [9.17, 15) is 0 Å². The smallest absolute Gasteiger partial charge is 0.113 e. The highest BCUT2D eigenvalue weighted by Crippen LogP contribution is 2.24. The third-order valence-electron chi connectivity index (χ3n) is 3.20. The van der Waals surface area contributed by atoms with Crippen LogP contribution in [0.1, 0.15) is 5.56 Å². The zero-order chi connectivity index (χ0) is 13.2.